The second kappa shape index (κ2) is 4.60. The molecule has 1 N–H and O–H groups in total. The standard InChI is InChI=1S/C11H19NO2/c1-3-4-6-10(13)12-8-5-7-11(2,14)9-12/h3,14H,1,4-9H2,2H3. The number of hydrogen-bond donors (Lipinski definition) is 1. The van der Waals surface area contributed by atoms with E-state index in [2.05, 4.69) is 6.58 Å². The number of rotatable bonds is 3. The van der Waals surface area contributed by atoms with Gasteiger partial charge in [-0.25, -0.2) is 0 Å². The predicted octanol–water partition coefficient (Wildman–Crippen LogP) is 1.33. The van der Waals surface area contributed by atoms with Crippen LogP contribution in [-0.4, -0.2) is 34.6 Å². The second-order valence-electron chi connectivity index (χ2n) is 4.24. The molecule has 1 heterocycles. The van der Waals surface area contributed by atoms with Gasteiger partial charge in [0.1, 0.15) is 0 Å². The summed E-state index contributed by atoms with van der Waals surface area (Å²) in [6.45, 7) is 6.64. The number of nitrogens with zero attached hydrogens (tertiary/aromatic N) is 1. The van der Waals surface area contributed by atoms with Crippen LogP contribution in [0.1, 0.15) is 32.6 Å². The first-order valence-corrected chi connectivity index (χ1v) is 5.16. The first-order chi connectivity index (χ1) is 6.55. The number of hydrogen-bond acceptors (Lipinski definition) is 2. The van der Waals surface area contributed by atoms with Gasteiger partial charge in [0.15, 0.2) is 0 Å². The fraction of sp³-hybridized carbons (Fsp3) is 0.727. The van der Waals surface area contributed by atoms with Gasteiger partial charge >= 0.3 is 0 Å². The van der Waals surface area contributed by atoms with Crippen molar-refractivity contribution in [2.45, 2.75) is 38.2 Å². The molecule has 0 aromatic rings. The highest BCUT2D eigenvalue weighted by Crippen LogP contribution is 2.20. The summed E-state index contributed by atoms with van der Waals surface area (Å²) in [5.41, 5.74) is -0.692. The fourth-order valence-corrected chi connectivity index (χ4v) is 1.82. The summed E-state index contributed by atoms with van der Waals surface area (Å²) in [5, 5.41) is 9.81. The monoisotopic (exact) mass is 197 g/mol. The molecule has 1 aliphatic rings. The maximum atomic E-state index is 11.6. The summed E-state index contributed by atoms with van der Waals surface area (Å²) >= 11 is 0. The Bertz CT molecular complexity index is 223. The van der Waals surface area contributed by atoms with Crippen molar-refractivity contribution in [3.8, 4) is 0 Å². The zero-order chi connectivity index (χ0) is 10.6. The highest BCUT2D eigenvalue weighted by atomic mass is 16.3. The van der Waals surface area contributed by atoms with Crippen molar-refractivity contribution in [3.05, 3.63) is 12.7 Å². The van der Waals surface area contributed by atoms with E-state index in [-0.39, 0.29) is 5.91 Å². The van der Waals surface area contributed by atoms with Crippen LogP contribution in [0.15, 0.2) is 12.7 Å². The first-order valence-electron chi connectivity index (χ1n) is 5.16. The molecule has 1 atom stereocenters. The lowest BCUT2D eigenvalue weighted by Gasteiger charge is -2.36. The topological polar surface area (TPSA) is 40.5 Å². The SMILES string of the molecule is C=CCCC(=O)N1CCCC(C)(O)C1. The third-order valence-corrected chi connectivity index (χ3v) is 2.59. The van der Waals surface area contributed by atoms with E-state index in [0.717, 1.165) is 25.8 Å². The van der Waals surface area contributed by atoms with Gasteiger partial charge in [-0.05, 0) is 26.2 Å². The fourth-order valence-electron chi connectivity index (χ4n) is 1.82. The summed E-state index contributed by atoms with van der Waals surface area (Å²) in [7, 11) is 0. The molecule has 0 aromatic heterocycles. The maximum absolute atomic E-state index is 11.6. The van der Waals surface area contributed by atoms with E-state index in [9.17, 15) is 9.90 Å². The zero-order valence-electron chi connectivity index (χ0n) is 8.83. The molecule has 0 spiro atoms. The van der Waals surface area contributed by atoms with Crippen molar-refractivity contribution >= 4 is 5.91 Å². The number of likely N-dealkylation sites (tertiary alicyclic amines) is 1. The number of aliphatic hydroxyl groups is 1. The Morgan fingerprint density at radius 1 is 1.71 bits per heavy atom. The lowest BCUT2D eigenvalue weighted by atomic mass is 9.95. The Hall–Kier alpha value is -0.830. The second-order valence-corrected chi connectivity index (χ2v) is 4.24. The van der Waals surface area contributed by atoms with Gasteiger partial charge in [-0.2, -0.15) is 0 Å². The van der Waals surface area contributed by atoms with Crippen LogP contribution < -0.4 is 0 Å². The quantitative estimate of drug-likeness (QED) is 0.693. The molecule has 0 aromatic carbocycles. The number of amides is 1. The minimum Gasteiger partial charge on any atom is -0.388 e. The Kier molecular flexibility index (Phi) is 3.69. The average molecular weight is 197 g/mol. The van der Waals surface area contributed by atoms with E-state index in [4.69, 9.17) is 0 Å². The van der Waals surface area contributed by atoms with Crippen LogP contribution in [0.2, 0.25) is 0 Å². The number of carbonyl (C=O) groups excluding carboxylic acids is 1. The molecule has 14 heavy (non-hydrogen) atoms. The van der Waals surface area contributed by atoms with E-state index in [0.29, 0.717) is 13.0 Å². The van der Waals surface area contributed by atoms with Crippen molar-refractivity contribution in [2.24, 2.45) is 0 Å². The van der Waals surface area contributed by atoms with Crippen molar-refractivity contribution in [2.75, 3.05) is 13.1 Å². The van der Waals surface area contributed by atoms with Crippen LogP contribution in [0.3, 0.4) is 0 Å². The van der Waals surface area contributed by atoms with Crippen LogP contribution in [0, 0.1) is 0 Å². The zero-order valence-corrected chi connectivity index (χ0v) is 8.83. The Balaban J connectivity index is 2.43. The average Bonchev–Trinajstić information content (AvgIpc) is 2.12. The lowest BCUT2D eigenvalue weighted by molar-refractivity contribution is -0.137. The molecule has 0 aliphatic carbocycles. The number of piperidine rings is 1. The number of allylic oxidation sites excluding steroid dienone is 1. The van der Waals surface area contributed by atoms with Crippen LogP contribution in [0.5, 0.6) is 0 Å². The molecule has 80 valence electrons. The van der Waals surface area contributed by atoms with Gasteiger partial charge in [0.25, 0.3) is 0 Å². The molecule has 1 fully saturated rings. The summed E-state index contributed by atoms with van der Waals surface area (Å²) in [4.78, 5) is 13.4. The van der Waals surface area contributed by atoms with Crippen LogP contribution in [0.25, 0.3) is 0 Å². The van der Waals surface area contributed by atoms with Gasteiger partial charge in [-0.3, -0.25) is 4.79 Å². The molecule has 3 nitrogen and oxygen atoms in total. The molecule has 0 bridgehead atoms. The highest BCUT2D eigenvalue weighted by molar-refractivity contribution is 5.76. The van der Waals surface area contributed by atoms with Crippen LogP contribution in [-0.2, 0) is 4.79 Å². The Labute approximate surface area is 85.4 Å². The molecular formula is C11H19NO2. The van der Waals surface area contributed by atoms with Gasteiger partial charge < -0.3 is 10.0 Å². The van der Waals surface area contributed by atoms with Gasteiger partial charge in [-0.1, -0.05) is 6.08 Å². The van der Waals surface area contributed by atoms with Crippen LogP contribution in [0.4, 0.5) is 0 Å². The summed E-state index contributed by atoms with van der Waals surface area (Å²) < 4.78 is 0. The van der Waals surface area contributed by atoms with Crippen LogP contribution >= 0.6 is 0 Å². The van der Waals surface area contributed by atoms with E-state index in [1.54, 1.807) is 17.9 Å². The predicted molar refractivity (Wildman–Crippen MR) is 55.9 cm³/mol. The van der Waals surface area contributed by atoms with E-state index in [1.165, 1.54) is 0 Å². The summed E-state index contributed by atoms with van der Waals surface area (Å²) in [5.74, 6) is 0.130. The molecule has 1 unspecified atom stereocenters. The highest BCUT2D eigenvalue weighted by Gasteiger charge is 2.30. The lowest BCUT2D eigenvalue weighted by Crippen LogP contribution is -2.48. The van der Waals surface area contributed by atoms with E-state index in [1.807, 2.05) is 0 Å². The number of β-amino-alcohol motifs (C(OH)–C–C–N with tert-alkyl or cyclic N) is 1. The third kappa shape index (κ3) is 3.14. The Morgan fingerprint density at radius 2 is 2.43 bits per heavy atom. The molecule has 3 heteroatoms. The smallest absolute Gasteiger partial charge is 0.222 e. The molecular weight excluding hydrogens is 178 g/mol. The molecule has 0 radical (unpaired) electrons. The minimum atomic E-state index is -0.692. The van der Waals surface area contributed by atoms with E-state index < -0.39 is 5.60 Å². The van der Waals surface area contributed by atoms with Gasteiger partial charge in [0.05, 0.1) is 5.60 Å². The van der Waals surface area contributed by atoms with Crippen molar-refractivity contribution in [3.63, 3.8) is 0 Å². The summed E-state index contributed by atoms with van der Waals surface area (Å²) in [6.07, 6.45) is 4.67. The first kappa shape index (κ1) is 11.2. The van der Waals surface area contributed by atoms with Gasteiger partial charge in [0.2, 0.25) is 5.91 Å². The Morgan fingerprint density at radius 3 is 3.00 bits per heavy atom. The minimum absolute atomic E-state index is 0.130. The van der Waals surface area contributed by atoms with E-state index >= 15 is 0 Å². The number of carbonyl (C=O) groups is 1. The van der Waals surface area contributed by atoms with Crippen molar-refractivity contribution in [1.82, 2.24) is 4.90 Å². The third-order valence-electron chi connectivity index (χ3n) is 2.59. The maximum Gasteiger partial charge on any atom is 0.222 e. The molecule has 0 saturated carbocycles. The molecule has 1 rings (SSSR count). The van der Waals surface area contributed by atoms with Gasteiger partial charge in [-0.15, -0.1) is 6.58 Å². The normalized spacial score (nSPS) is 27.4. The summed E-state index contributed by atoms with van der Waals surface area (Å²) in [6, 6.07) is 0. The van der Waals surface area contributed by atoms with Crippen molar-refractivity contribution < 1.29 is 9.90 Å². The molecule has 1 saturated heterocycles. The molecule has 1 aliphatic heterocycles. The van der Waals surface area contributed by atoms with Crippen molar-refractivity contribution in [1.29, 1.82) is 0 Å². The van der Waals surface area contributed by atoms with Gasteiger partial charge in [0, 0.05) is 19.5 Å². The molecule has 1 amide bonds. The largest absolute Gasteiger partial charge is 0.388 e.